The molecule has 2 saturated heterocycles. The lowest BCUT2D eigenvalue weighted by Gasteiger charge is -2.39. The van der Waals surface area contributed by atoms with Crippen molar-refractivity contribution in [2.24, 2.45) is 5.41 Å². The molecule has 14 heteroatoms. The Balaban J connectivity index is 1.08. The molecule has 3 aliphatic heterocycles. The van der Waals surface area contributed by atoms with Crippen LogP contribution in [-0.4, -0.2) is 88.3 Å². The molecule has 3 heterocycles. The van der Waals surface area contributed by atoms with E-state index in [-0.39, 0.29) is 53.4 Å². The van der Waals surface area contributed by atoms with Gasteiger partial charge in [0.1, 0.15) is 11.9 Å². The van der Waals surface area contributed by atoms with Crippen molar-refractivity contribution in [1.82, 2.24) is 9.57 Å². The van der Waals surface area contributed by atoms with Gasteiger partial charge in [0.15, 0.2) is 24.5 Å². The molecule has 0 saturated carbocycles. The molecule has 0 N–H and O–H groups in total. The van der Waals surface area contributed by atoms with Gasteiger partial charge < -0.3 is 23.3 Å². The number of ketones is 2. The standard InChI is InChI=1S/C47H68FN2O8PS2/c1-10-47(11-2)30-54-45(55-31-47)37-19-16-35(17-20-37)18-21-39(51)22-25-46(8,9)61-60-29-38-15-13-12-14-36(38)24-27-56-59(50(32(3)4)33(5)6)58-43-34(7)57-44(42(43)48)49-26-23-40(52)28-41(49)53/h12-17,19-20,23,26,32-34,42-45H,10-11,18,21-22,24-25,27-31H2,1-9H3/i7D. The number of hydrogen-bond donors (Lipinski definition) is 0. The summed E-state index contributed by atoms with van der Waals surface area (Å²) in [5.74, 6) is 0.158. The van der Waals surface area contributed by atoms with Gasteiger partial charge in [-0.2, -0.15) is 0 Å². The number of benzene rings is 2. The molecular weight excluding hydrogens is 835 g/mol. The van der Waals surface area contributed by atoms with E-state index < -0.39 is 39.0 Å². The molecule has 0 spiro atoms. The quantitative estimate of drug-likeness (QED) is 0.0605. The molecule has 1 amide bonds. The van der Waals surface area contributed by atoms with Gasteiger partial charge in [-0.1, -0.05) is 84.0 Å². The summed E-state index contributed by atoms with van der Waals surface area (Å²) in [4.78, 5) is 38.5. The molecule has 5 atom stereocenters. The fourth-order valence-corrected chi connectivity index (χ4v) is 12.2. The molecule has 338 valence electrons. The van der Waals surface area contributed by atoms with E-state index in [4.69, 9.17) is 24.6 Å². The molecule has 5 unspecified atom stereocenters. The normalized spacial score (nSPS) is 23.1. The van der Waals surface area contributed by atoms with Gasteiger partial charge in [-0.15, -0.1) is 0 Å². The van der Waals surface area contributed by atoms with Crippen LogP contribution in [0.3, 0.4) is 0 Å². The Bertz CT molecular complexity index is 1780. The lowest BCUT2D eigenvalue weighted by atomic mass is 9.83. The Morgan fingerprint density at radius 3 is 2.31 bits per heavy atom. The Morgan fingerprint density at radius 2 is 1.69 bits per heavy atom. The van der Waals surface area contributed by atoms with Crippen LogP contribution in [0.15, 0.2) is 60.8 Å². The Labute approximate surface area is 374 Å². The lowest BCUT2D eigenvalue weighted by Crippen LogP contribution is -2.45. The SMILES string of the molecule is [2H]CC1OC(N2C=CC(=O)CC2=O)C(F)C1OP(OCCc1ccccc1CSSC(C)(C)CCC(=O)CCc1ccc(C2OCC(CC)(CC)CO2)cc1)N(C(C)C)C(C)C. The number of alkyl halides is 1. The van der Waals surface area contributed by atoms with E-state index in [1.807, 2.05) is 39.8 Å². The largest absolute Gasteiger partial charge is 0.349 e. The van der Waals surface area contributed by atoms with Crippen molar-refractivity contribution in [3.63, 3.8) is 0 Å². The van der Waals surface area contributed by atoms with E-state index in [9.17, 15) is 14.4 Å². The maximum Gasteiger partial charge on any atom is 0.259 e. The van der Waals surface area contributed by atoms with E-state index in [0.29, 0.717) is 45.5 Å². The minimum Gasteiger partial charge on any atom is -0.349 e. The predicted octanol–water partition coefficient (Wildman–Crippen LogP) is 10.9. The minimum absolute atomic E-state index is 0.0153. The number of Topliss-reactive ketones (excluding diaryl/α,β-unsaturated/α-hetero) is 1. The summed E-state index contributed by atoms with van der Waals surface area (Å²) in [6.07, 6.45) is 1.95. The topological polar surface area (TPSA) is 104 Å². The molecule has 10 nitrogen and oxygen atoms in total. The van der Waals surface area contributed by atoms with Crippen molar-refractivity contribution in [3.05, 3.63) is 83.1 Å². The third-order valence-electron chi connectivity index (χ3n) is 11.8. The monoisotopic (exact) mass is 903 g/mol. The lowest BCUT2D eigenvalue weighted by molar-refractivity contribution is -0.235. The average Bonchev–Trinajstić information content (AvgIpc) is 3.56. The van der Waals surface area contributed by atoms with Crippen molar-refractivity contribution in [2.45, 2.75) is 167 Å². The summed E-state index contributed by atoms with van der Waals surface area (Å²) in [6.45, 7) is 18.4. The zero-order chi connectivity index (χ0) is 45.0. The number of ether oxygens (including phenoxy) is 3. The van der Waals surface area contributed by atoms with Crippen LogP contribution in [0.25, 0.3) is 0 Å². The Kier molecular flexibility index (Phi) is 18.3. The van der Waals surface area contributed by atoms with Gasteiger partial charge in [-0.3, -0.25) is 19.3 Å². The molecular formula is C47H68FN2O8PS2. The Morgan fingerprint density at radius 1 is 1.02 bits per heavy atom. The first kappa shape index (κ1) is 48.3. The summed E-state index contributed by atoms with van der Waals surface area (Å²) in [6, 6.07) is 16.6. The molecule has 0 radical (unpaired) electrons. The molecule has 2 aromatic carbocycles. The van der Waals surface area contributed by atoms with Crippen LogP contribution in [0.4, 0.5) is 4.39 Å². The van der Waals surface area contributed by atoms with E-state index >= 15 is 4.39 Å². The molecule has 5 rings (SSSR count). The smallest absolute Gasteiger partial charge is 0.259 e. The molecule has 61 heavy (non-hydrogen) atoms. The summed E-state index contributed by atoms with van der Waals surface area (Å²) in [5, 5.41) is 0. The number of nitrogens with zero attached hydrogens (tertiary/aromatic N) is 2. The number of allylic oxidation sites excluding steroid dienone is 1. The van der Waals surface area contributed by atoms with Crippen LogP contribution in [-0.2, 0) is 56.2 Å². The minimum atomic E-state index is -1.79. The van der Waals surface area contributed by atoms with Crippen molar-refractivity contribution in [2.75, 3.05) is 19.8 Å². The number of amides is 1. The van der Waals surface area contributed by atoms with E-state index in [2.05, 4.69) is 68.8 Å². The first-order valence-electron chi connectivity index (χ1n) is 22.5. The molecule has 0 bridgehead atoms. The zero-order valence-electron chi connectivity index (χ0n) is 38.3. The maximum atomic E-state index is 16.2. The summed E-state index contributed by atoms with van der Waals surface area (Å²) in [7, 11) is 1.80. The third kappa shape index (κ3) is 13.9. The highest BCUT2D eigenvalue weighted by atomic mass is 33.1. The van der Waals surface area contributed by atoms with Crippen LogP contribution in [0.5, 0.6) is 0 Å². The van der Waals surface area contributed by atoms with Crippen molar-refractivity contribution < 1.29 is 43.4 Å². The average molecular weight is 904 g/mol. The second-order valence-electron chi connectivity index (χ2n) is 17.5. The number of hydrogen-bond acceptors (Lipinski definition) is 11. The molecule has 2 fully saturated rings. The second-order valence-corrected chi connectivity index (χ2v) is 22.0. The molecule has 3 aliphatic rings. The fraction of sp³-hybridized carbons (Fsp3) is 0.638. The van der Waals surface area contributed by atoms with Crippen molar-refractivity contribution >= 4 is 47.6 Å². The highest BCUT2D eigenvalue weighted by Gasteiger charge is 2.50. The number of carbonyl (C=O) groups is 3. The third-order valence-corrected chi connectivity index (χ3v) is 17.1. The van der Waals surface area contributed by atoms with Gasteiger partial charge >= 0.3 is 0 Å². The first-order chi connectivity index (χ1) is 29.6. The van der Waals surface area contributed by atoms with Crippen LogP contribution < -0.4 is 0 Å². The summed E-state index contributed by atoms with van der Waals surface area (Å²) in [5.41, 5.74) is 4.60. The van der Waals surface area contributed by atoms with Crippen LogP contribution in [0, 0.1) is 5.41 Å². The Hall–Kier alpha value is -2.19. The second kappa shape index (κ2) is 23.1. The van der Waals surface area contributed by atoms with Crippen LogP contribution in [0.2, 0.25) is 0 Å². The highest BCUT2D eigenvalue weighted by Crippen LogP contribution is 2.50. The predicted molar refractivity (Wildman–Crippen MR) is 244 cm³/mol. The number of halogens is 1. The van der Waals surface area contributed by atoms with Gasteiger partial charge in [-0.05, 0) is 103 Å². The molecule has 0 aliphatic carbocycles. The zero-order valence-corrected chi connectivity index (χ0v) is 39.8. The van der Waals surface area contributed by atoms with Crippen LogP contribution in [0.1, 0.15) is 131 Å². The van der Waals surface area contributed by atoms with E-state index in [1.165, 1.54) is 17.8 Å². The van der Waals surface area contributed by atoms with Gasteiger partial charge in [0, 0.05) is 54.0 Å². The number of rotatable bonds is 23. The molecule has 2 aromatic rings. The highest BCUT2D eigenvalue weighted by molar-refractivity contribution is 8.76. The van der Waals surface area contributed by atoms with Crippen molar-refractivity contribution in [1.29, 1.82) is 0 Å². The van der Waals surface area contributed by atoms with Gasteiger partial charge in [0.2, 0.25) is 5.91 Å². The van der Waals surface area contributed by atoms with E-state index in [1.54, 1.807) is 21.6 Å². The summed E-state index contributed by atoms with van der Waals surface area (Å²) < 4.78 is 57.3. The molecule has 0 aromatic heterocycles. The van der Waals surface area contributed by atoms with E-state index in [0.717, 1.165) is 46.6 Å². The number of carbonyl (C=O) groups excluding carboxylic acids is 3. The first-order valence-corrected chi connectivity index (χ1v) is 25.2. The maximum absolute atomic E-state index is 16.2. The van der Waals surface area contributed by atoms with Gasteiger partial charge in [0.25, 0.3) is 8.53 Å². The van der Waals surface area contributed by atoms with Gasteiger partial charge in [-0.25, -0.2) is 9.06 Å². The fourth-order valence-electron chi connectivity index (χ4n) is 7.65. The van der Waals surface area contributed by atoms with Gasteiger partial charge in [0.05, 0.1) is 32.3 Å². The summed E-state index contributed by atoms with van der Waals surface area (Å²) >= 11 is 0. The van der Waals surface area contributed by atoms with Crippen LogP contribution >= 0.6 is 30.1 Å². The number of aryl methyl sites for hydroxylation is 1. The van der Waals surface area contributed by atoms with Crippen molar-refractivity contribution in [3.8, 4) is 0 Å².